The average Bonchev–Trinajstić information content (AvgIpc) is 3.20. The smallest absolute Gasteiger partial charge is 0.269 e. The van der Waals surface area contributed by atoms with E-state index >= 15 is 0 Å². The molecule has 0 N–H and O–H groups in total. The van der Waals surface area contributed by atoms with E-state index in [9.17, 15) is 14.9 Å². The van der Waals surface area contributed by atoms with Crippen LogP contribution in [0.4, 0.5) is 5.69 Å². The molecule has 0 bridgehead atoms. The van der Waals surface area contributed by atoms with Crippen molar-refractivity contribution in [3.05, 3.63) is 69.8 Å². The summed E-state index contributed by atoms with van der Waals surface area (Å²) in [7, 11) is 1.60. The number of hydrogen-bond acceptors (Lipinski definition) is 5. The molecule has 27 heavy (non-hydrogen) atoms. The van der Waals surface area contributed by atoms with Crippen LogP contribution in [-0.2, 0) is 11.3 Å². The number of hydrogen-bond donors (Lipinski definition) is 0. The topological polar surface area (TPSA) is 81.9 Å². The molecule has 3 rings (SSSR count). The Hall–Kier alpha value is -2.93. The summed E-state index contributed by atoms with van der Waals surface area (Å²) in [5, 5.41) is 10.8. The van der Waals surface area contributed by atoms with E-state index < -0.39 is 4.92 Å². The largest absolute Gasteiger partial charge is 0.496 e. The van der Waals surface area contributed by atoms with Crippen LogP contribution in [-0.4, -0.2) is 42.1 Å². The maximum absolute atomic E-state index is 13.1. The molecular formula is C20H22N2O5. The van der Waals surface area contributed by atoms with E-state index in [1.807, 2.05) is 24.3 Å². The molecule has 2 aromatic rings. The first-order chi connectivity index (χ1) is 13.1. The van der Waals surface area contributed by atoms with Gasteiger partial charge in [0, 0.05) is 43.0 Å². The van der Waals surface area contributed by atoms with Gasteiger partial charge in [-0.2, -0.15) is 0 Å². The van der Waals surface area contributed by atoms with Crippen LogP contribution >= 0.6 is 0 Å². The summed E-state index contributed by atoms with van der Waals surface area (Å²) in [5.74, 6) is 0.526. The molecule has 1 atom stereocenters. The highest BCUT2D eigenvalue weighted by atomic mass is 16.6. The number of benzene rings is 2. The molecule has 0 radical (unpaired) electrons. The number of para-hydroxylation sites is 1. The van der Waals surface area contributed by atoms with E-state index in [-0.39, 0.29) is 17.7 Å². The normalized spacial score (nSPS) is 16.1. The van der Waals surface area contributed by atoms with Crippen LogP contribution in [0.3, 0.4) is 0 Å². The van der Waals surface area contributed by atoms with Crippen LogP contribution < -0.4 is 4.74 Å². The zero-order valence-corrected chi connectivity index (χ0v) is 15.2. The Morgan fingerprint density at radius 3 is 2.63 bits per heavy atom. The summed E-state index contributed by atoms with van der Waals surface area (Å²) in [4.78, 5) is 25.2. The molecule has 0 aliphatic carbocycles. The minimum atomic E-state index is -0.479. The van der Waals surface area contributed by atoms with Crippen molar-refractivity contribution in [2.75, 3.05) is 20.3 Å². The summed E-state index contributed by atoms with van der Waals surface area (Å²) in [6.07, 6.45) is 1.90. The molecule has 2 aromatic carbocycles. The number of nitro groups is 1. The van der Waals surface area contributed by atoms with Crippen molar-refractivity contribution in [1.29, 1.82) is 0 Å². The lowest BCUT2D eigenvalue weighted by molar-refractivity contribution is -0.384. The maximum Gasteiger partial charge on any atom is 0.269 e. The van der Waals surface area contributed by atoms with Gasteiger partial charge in [-0.15, -0.1) is 0 Å². The molecule has 1 amide bonds. The van der Waals surface area contributed by atoms with Crippen molar-refractivity contribution < 1.29 is 19.2 Å². The lowest BCUT2D eigenvalue weighted by atomic mass is 10.1. The van der Waals surface area contributed by atoms with Gasteiger partial charge in [0.1, 0.15) is 5.75 Å². The summed E-state index contributed by atoms with van der Waals surface area (Å²) in [5.41, 5.74) is 1.27. The van der Waals surface area contributed by atoms with Crippen LogP contribution in [0.15, 0.2) is 48.5 Å². The van der Waals surface area contributed by atoms with Crippen molar-refractivity contribution in [3.63, 3.8) is 0 Å². The predicted octanol–water partition coefficient (Wildman–Crippen LogP) is 3.42. The Kier molecular flexibility index (Phi) is 6.03. The fourth-order valence-electron chi connectivity index (χ4n) is 3.20. The van der Waals surface area contributed by atoms with E-state index in [1.165, 1.54) is 24.3 Å². The number of carbonyl (C=O) groups is 1. The summed E-state index contributed by atoms with van der Waals surface area (Å²) >= 11 is 0. The molecule has 1 aliphatic heterocycles. The molecule has 0 aromatic heterocycles. The Morgan fingerprint density at radius 1 is 1.26 bits per heavy atom. The number of carbonyl (C=O) groups excluding carboxylic acids is 1. The summed E-state index contributed by atoms with van der Waals surface area (Å²) in [6.45, 7) is 1.55. The van der Waals surface area contributed by atoms with Gasteiger partial charge in [0.05, 0.1) is 18.1 Å². The number of methoxy groups -OCH3 is 1. The van der Waals surface area contributed by atoms with E-state index in [0.29, 0.717) is 31.0 Å². The van der Waals surface area contributed by atoms with Crippen LogP contribution in [0.5, 0.6) is 5.75 Å². The van der Waals surface area contributed by atoms with Crippen molar-refractivity contribution in [1.82, 2.24) is 4.90 Å². The highest BCUT2D eigenvalue weighted by Crippen LogP contribution is 2.23. The van der Waals surface area contributed by atoms with Crippen molar-refractivity contribution in [3.8, 4) is 5.75 Å². The second-order valence-corrected chi connectivity index (χ2v) is 6.44. The lowest BCUT2D eigenvalue weighted by Gasteiger charge is -2.26. The number of nitro benzene ring substituents is 1. The number of non-ortho nitro benzene ring substituents is 1. The van der Waals surface area contributed by atoms with E-state index in [4.69, 9.17) is 9.47 Å². The highest BCUT2D eigenvalue weighted by Gasteiger charge is 2.24. The first-order valence-electron chi connectivity index (χ1n) is 8.85. The average molecular weight is 370 g/mol. The third-order valence-corrected chi connectivity index (χ3v) is 4.61. The minimum Gasteiger partial charge on any atom is -0.496 e. The molecule has 0 spiro atoms. The number of nitrogens with zero attached hydrogens (tertiary/aromatic N) is 2. The fourth-order valence-corrected chi connectivity index (χ4v) is 3.20. The molecule has 7 nitrogen and oxygen atoms in total. The van der Waals surface area contributed by atoms with Gasteiger partial charge in [0.15, 0.2) is 0 Å². The van der Waals surface area contributed by atoms with Gasteiger partial charge in [0.2, 0.25) is 0 Å². The fraction of sp³-hybridized carbons (Fsp3) is 0.350. The van der Waals surface area contributed by atoms with E-state index in [2.05, 4.69) is 0 Å². The molecular weight excluding hydrogens is 348 g/mol. The quantitative estimate of drug-likeness (QED) is 0.551. The van der Waals surface area contributed by atoms with Crippen molar-refractivity contribution in [2.24, 2.45) is 0 Å². The first kappa shape index (κ1) is 18.8. The molecule has 1 fully saturated rings. The predicted molar refractivity (Wildman–Crippen MR) is 99.8 cm³/mol. The molecule has 1 unspecified atom stereocenters. The SMILES string of the molecule is COc1ccccc1CN(CC1CCCO1)C(=O)c1ccc([N+](=O)[O-])cc1. The zero-order chi connectivity index (χ0) is 19.2. The van der Waals surface area contributed by atoms with Crippen molar-refractivity contribution >= 4 is 11.6 Å². The Bertz CT molecular complexity index is 800. The van der Waals surface area contributed by atoms with Gasteiger partial charge in [-0.3, -0.25) is 14.9 Å². The third kappa shape index (κ3) is 4.62. The Morgan fingerprint density at radius 2 is 2.00 bits per heavy atom. The van der Waals surface area contributed by atoms with Gasteiger partial charge in [-0.1, -0.05) is 18.2 Å². The number of amides is 1. The van der Waals surface area contributed by atoms with Gasteiger partial charge in [0.25, 0.3) is 11.6 Å². The standard InChI is InChI=1S/C20H22N2O5/c1-26-19-7-3-2-5-16(19)13-21(14-18-6-4-12-27-18)20(23)15-8-10-17(11-9-15)22(24)25/h2-3,5,7-11,18H,4,6,12-14H2,1H3. The third-order valence-electron chi connectivity index (χ3n) is 4.61. The monoisotopic (exact) mass is 370 g/mol. The van der Waals surface area contributed by atoms with Crippen molar-refractivity contribution in [2.45, 2.75) is 25.5 Å². The van der Waals surface area contributed by atoms with Crippen LogP contribution in [0.1, 0.15) is 28.8 Å². The second-order valence-electron chi connectivity index (χ2n) is 6.44. The zero-order valence-electron chi connectivity index (χ0n) is 15.2. The molecule has 142 valence electrons. The first-order valence-corrected chi connectivity index (χ1v) is 8.85. The van der Waals surface area contributed by atoms with Crippen LogP contribution in [0.25, 0.3) is 0 Å². The molecule has 1 aliphatic rings. The number of ether oxygens (including phenoxy) is 2. The lowest BCUT2D eigenvalue weighted by Crippen LogP contribution is -2.37. The molecule has 1 heterocycles. The summed E-state index contributed by atoms with van der Waals surface area (Å²) < 4.78 is 11.1. The molecule has 1 saturated heterocycles. The maximum atomic E-state index is 13.1. The highest BCUT2D eigenvalue weighted by molar-refractivity contribution is 5.94. The Labute approximate surface area is 157 Å². The second kappa shape index (κ2) is 8.64. The van der Waals surface area contributed by atoms with Gasteiger partial charge >= 0.3 is 0 Å². The Balaban J connectivity index is 1.83. The van der Waals surface area contributed by atoms with Gasteiger partial charge in [-0.25, -0.2) is 0 Å². The molecule has 7 heteroatoms. The van der Waals surface area contributed by atoms with E-state index in [0.717, 1.165) is 18.4 Å². The summed E-state index contributed by atoms with van der Waals surface area (Å²) in [6, 6.07) is 13.2. The van der Waals surface area contributed by atoms with E-state index in [1.54, 1.807) is 12.0 Å². The number of rotatable bonds is 7. The molecule has 0 saturated carbocycles. The van der Waals surface area contributed by atoms with Crippen LogP contribution in [0.2, 0.25) is 0 Å². The van der Waals surface area contributed by atoms with Gasteiger partial charge in [-0.05, 0) is 31.0 Å². The van der Waals surface area contributed by atoms with Gasteiger partial charge < -0.3 is 14.4 Å². The van der Waals surface area contributed by atoms with Crippen LogP contribution in [0, 0.1) is 10.1 Å². The minimum absolute atomic E-state index is 0.00158.